The van der Waals surface area contributed by atoms with Crippen molar-refractivity contribution in [2.24, 2.45) is 11.8 Å². The molecule has 2 atom stereocenters. The van der Waals surface area contributed by atoms with Crippen LogP contribution in [0.1, 0.15) is 32.6 Å². The third-order valence-electron chi connectivity index (χ3n) is 4.30. The monoisotopic (exact) mass is 332 g/mol. The molecule has 2 nitrogen and oxygen atoms in total. The number of nitrogens with one attached hydrogen (secondary N) is 1. The maximum atomic E-state index is 4.55. The van der Waals surface area contributed by atoms with Gasteiger partial charge in [0.25, 0.3) is 0 Å². The molecule has 0 saturated heterocycles. The number of halogens is 1. The second-order valence-electron chi connectivity index (χ2n) is 6.05. The smallest absolute Gasteiger partial charge is 0.0934 e. The predicted octanol–water partition coefficient (Wildman–Crippen LogP) is 5.24. The Morgan fingerprint density at radius 1 is 1.35 bits per heavy atom. The first-order valence-electron chi connectivity index (χ1n) is 7.50. The Labute approximate surface area is 129 Å². The normalized spacial score (nSPS) is 22.9. The maximum Gasteiger partial charge on any atom is 0.0934 e. The minimum atomic E-state index is 0.810. The van der Waals surface area contributed by atoms with E-state index >= 15 is 0 Å². The predicted molar refractivity (Wildman–Crippen MR) is 89.1 cm³/mol. The first kappa shape index (κ1) is 13.9. The molecule has 0 amide bonds. The number of benzene rings is 1. The number of hydrogen-bond donors (Lipinski definition) is 1. The fourth-order valence-electron chi connectivity index (χ4n) is 3.28. The lowest BCUT2D eigenvalue weighted by Crippen LogP contribution is -2.21. The fraction of sp³-hybridized carbons (Fsp3) is 0.471. The van der Waals surface area contributed by atoms with Gasteiger partial charge in [-0.25, -0.2) is 0 Å². The van der Waals surface area contributed by atoms with Crippen LogP contribution >= 0.6 is 15.9 Å². The summed E-state index contributed by atoms with van der Waals surface area (Å²) in [7, 11) is 0. The molecule has 1 aliphatic rings. The SMILES string of the molecule is CC1CCCC(CNc2cccc3cc(Br)cnc23)C1. The summed E-state index contributed by atoms with van der Waals surface area (Å²) in [6.07, 6.45) is 7.38. The van der Waals surface area contributed by atoms with E-state index in [9.17, 15) is 0 Å². The highest BCUT2D eigenvalue weighted by atomic mass is 79.9. The van der Waals surface area contributed by atoms with E-state index in [1.54, 1.807) is 0 Å². The Hall–Kier alpha value is -1.09. The van der Waals surface area contributed by atoms with Crippen LogP contribution in [-0.2, 0) is 0 Å². The van der Waals surface area contributed by atoms with Crippen LogP contribution < -0.4 is 5.32 Å². The largest absolute Gasteiger partial charge is 0.383 e. The minimum absolute atomic E-state index is 0.810. The summed E-state index contributed by atoms with van der Waals surface area (Å²) in [5.41, 5.74) is 2.23. The zero-order valence-electron chi connectivity index (χ0n) is 11.9. The highest BCUT2D eigenvalue weighted by molar-refractivity contribution is 9.10. The van der Waals surface area contributed by atoms with Crippen LogP contribution in [0.3, 0.4) is 0 Å². The van der Waals surface area contributed by atoms with Gasteiger partial charge in [0.1, 0.15) is 0 Å². The third-order valence-corrected chi connectivity index (χ3v) is 4.74. The molecular weight excluding hydrogens is 312 g/mol. The average Bonchev–Trinajstić information content (AvgIpc) is 2.44. The van der Waals surface area contributed by atoms with Crippen molar-refractivity contribution in [1.82, 2.24) is 4.98 Å². The number of anilines is 1. The van der Waals surface area contributed by atoms with E-state index in [1.807, 2.05) is 6.20 Å². The summed E-state index contributed by atoms with van der Waals surface area (Å²) in [5, 5.41) is 4.80. The molecule has 1 heterocycles. The quantitative estimate of drug-likeness (QED) is 0.831. The van der Waals surface area contributed by atoms with Crippen LogP contribution in [0.25, 0.3) is 10.9 Å². The zero-order chi connectivity index (χ0) is 13.9. The number of nitrogens with zero attached hydrogens (tertiary/aromatic N) is 1. The highest BCUT2D eigenvalue weighted by Crippen LogP contribution is 2.30. The van der Waals surface area contributed by atoms with Crippen LogP contribution in [0.5, 0.6) is 0 Å². The summed E-state index contributed by atoms with van der Waals surface area (Å²) < 4.78 is 1.03. The number of aromatic nitrogens is 1. The van der Waals surface area contributed by atoms with E-state index in [-0.39, 0.29) is 0 Å². The van der Waals surface area contributed by atoms with Gasteiger partial charge in [0.05, 0.1) is 11.2 Å². The van der Waals surface area contributed by atoms with Gasteiger partial charge in [-0.2, -0.15) is 0 Å². The molecule has 0 bridgehead atoms. The molecule has 3 rings (SSSR count). The van der Waals surface area contributed by atoms with Crippen LogP contribution in [0.2, 0.25) is 0 Å². The van der Waals surface area contributed by atoms with Crippen LogP contribution in [0, 0.1) is 11.8 Å². The lowest BCUT2D eigenvalue weighted by molar-refractivity contribution is 0.293. The van der Waals surface area contributed by atoms with E-state index in [0.717, 1.165) is 34.1 Å². The van der Waals surface area contributed by atoms with E-state index in [2.05, 4.69) is 57.4 Å². The molecular formula is C17H21BrN2. The summed E-state index contributed by atoms with van der Waals surface area (Å²) in [6, 6.07) is 8.47. The summed E-state index contributed by atoms with van der Waals surface area (Å²) in [4.78, 5) is 4.55. The molecule has 0 spiro atoms. The van der Waals surface area contributed by atoms with Crippen molar-refractivity contribution in [1.29, 1.82) is 0 Å². The Balaban J connectivity index is 1.74. The van der Waals surface area contributed by atoms with E-state index in [4.69, 9.17) is 0 Å². The molecule has 1 N–H and O–H groups in total. The number of hydrogen-bond acceptors (Lipinski definition) is 2. The number of para-hydroxylation sites is 1. The molecule has 2 aromatic rings. The molecule has 2 unspecified atom stereocenters. The number of pyridine rings is 1. The molecule has 1 aliphatic carbocycles. The molecule has 0 aliphatic heterocycles. The van der Waals surface area contributed by atoms with Crippen LogP contribution in [0.4, 0.5) is 5.69 Å². The second-order valence-corrected chi connectivity index (χ2v) is 6.97. The molecule has 1 saturated carbocycles. The molecule has 1 fully saturated rings. The van der Waals surface area contributed by atoms with Gasteiger partial charge in [0.15, 0.2) is 0 Å². The summed E-state index contributed by atoms with van der Waals surface area (Å²) >= 11 is 3.48. The Bertz CT molecular complexity index is 597. The topological polar surface area (TPSA) is 24.9 Å². The van der Waals surface area contributed by atoms with Crippen molar-refractivity contribution in [2.75, 3.05) is 11.9 Å². The maximum absolute atomic E-state index is 4.55. The van der Waals surface area contributed by atoms with Crippen LogP contribution in [-0.4, -0.2) is 11.5 Å². The van der Waals surface area contributed by atoms with Gasteiger partial charge in [-0.05, 0) is 52.7 Å². The van der Waals surface area contributed by atoms with Gasteiger partial charge >= 0.3 is 0 Å². The lowest BCUT2D eigenvalue weighted by Gasteiger charge is -2.27. The van der Waals surface area contributed by atoms with Gasteiger partial charge in [-0.15, -0.1) is 0 Å². The molecule has 1 aromatic carbocycles. The lowest BCUT2D eigenvalue weighted by atomic mass is 9.82. The summed E-state index contributed by atoms with van der Waals surface area (Å²) in [5.74, 6) is 1.70. The molecule has 0 radical (unpaired) electrons. The first-order valence-corrected chi connectivity index (χ1v) is 8.30. The average molecular weight is 333 g/mol. The van der Waals surface area contributed by atoms with Crippen molar-refractivity contribution in [3.05, 3.63) is 34.9 Å². The standard InChI is InChI=1S/C17H21BrN2/c1-12-4-2-5-13(8-12)10-19-16-7-3-6-14-9-15(18)11-20-17(14)16/h3,6-7,9,11-13,19H,2,4-5,8,10H2,1H3. The molecule has 106 valence electrons. The zero-order valence-corrected chi connectivity index (χ0v) is 13.5. The second kappa shape index (κ2) is 6.13. The fourth-order valence-corrected chi connectivity index (χ4v) is 3.63. The van der Waals surface area contributed by atoms with Crippen molar-refractivity contribution >= 4 is 32.5 Å². The Morgan fingerprint density at radius 2 is 2.25 bits per heavy atom. The number of rotatable bonds is 3. The van der Waals surface area contributed by atoms with Gasteiger partial charge in [-0.1, -0.05) is 31.9 Å². The van der Waals surface area contributed by atoms with Crippen molar-refractivity contribution < 1.29 is 0 Å². The Kier molecular flexibility index (Phi) is 4.25. The van der Waals surface area contributed by atoms with E-state index < -0.39 is 0 Å². The van der Waals surface area contributed by atoms with E-state index in [0.29, 0.717) is 0 Å². The summed E-state index contributed by atoms with van der Waals surface area (Å²) in [6.45, 7) is 3.45. The van der Waals surface area contributed by atoms with Gasteiger partial charge in [0.2, 0.25) is 0 Å². The van der Waals surface area contributed by atoms with Crippen molar-refractivity contribution in [2.45, 2.75) is 32.6 Å². The minimum Gasteiger partial charge on any atom is -0.383 e. The van der Waals surface area contributed by atoms with Crippen molar-refractivity contribution in [3.8, 4) is 0 Å². The molecule has 1 aromatic heterocycles. The first-order chi connectivity index (χ1) is 9.72. The Morgan fingerprint density at radius 3 is 3.10 bits per heavy atom. The number of fused-ring (bicyclic) bond motifs is 1. The van der Waals surface area contributed by atoms with Gasteiger partial charge < -0.3 is 5.32 Å². The van der Waals surface area contributed by atoms with Crippen molar-refractivity contribution in [3.63, 3.8) is 0 Å². The molecule has 20 heavy (non-hydrogen) atoms. The van der Waals surface area contributed by atoms with Crippen LogP contribution in [0.15, 0.2) is 34.9 Å². The molecule has 3 heteroatoms. The van der Waals surface area contributed by atoms with E-state index in [1.165, 1.54) is 31.1 Å². The van der Waals surface area contributed by atoms with Gasteiger partial charge in [0, 0.05) is 22.6 Å². The third kappa shape index (κ3) is 3.14. The highest BCUT2D eigenvalue weighted by Gasteiger charge is 2.18. The van der Waals surface area contributed by atoms with Gasteiger partial charge in [-0.3, -0.25) is 4.98 Å².